The SMILES string of the molecule is CCCC(C)(CN)COCC. The van der Waals surface area contributed by atoms with Crippen molar-refractivity contribution in [2.24, 2.45) is 11.1 Å². The predicted octanol–water partition coefficient (Wildman–Crippen LogP) is 1.79. The molecular weight excluding hydrogens is 138 g/mol. The standard InChI is InChI=1S/C9H21NO/c1-4-6-9(3,7-10)8-11-5-2/h4-8,10H2,1-3H3. The molecule has 1 atom stereocenters. The summed E-state index contributed by atoms with van der Waals surface area (Å²) in [5.41, 5.74) is 5.85. The third-order valence-corrected chi connectivity index (χ3v) is 2.00. The van der Waals surface area contributed by atoms with Crippen LogP contribution in [0.15, 0.2) is 0 Å². The van der Waals surface area contributed by atoms with Crippen LogP contribution >= 0.6 is 0 Å². The maximum Gasteiger partial charge on any atom is 0.0531 e. The zero-order chi connectivity index (χ0) is 8.74. The molecule has 0 fully saturated rings. The number of hydrogen-bond donors (Lipinski definition) is 1. The average molecular weight is 159 g/mol. The molecule has 0 heterocycles. The molecule has 2 heteroatoms. The Morgan fingerprint density at radius 1 is 1.36 bits per heavy atom. The Morgan fingerprint density at radius 3 is 2.36 bits per heavy atom. The molecule has 0 saturated heterocycles. The lowest BCUT2D eigenvalue weighted by Gasteiger charge is -2.26. The largest absolute Gasteiger partial charge is 0.381 e. The lowest BCUT2D eigenvalue weighted by Crippen LogP contribution is -2.32. The van der Waals surface area contributed by atoms with E-state index in [-0.39, 0.29) is 5.41 Å². The lowest BCUT2D eigenvalue weighted by molar-refractivity contribution is 0.0599. The molecule has 0 amide bonds. The first kappa shape index (κ1) is 10.9. The average Bonchev–Trinajstić information content (AvgIpc) is 2.02. The molecular formula is C9H21NO. The van der Waals surface area contributed by atoms with Crippen molar-refractivity contribution in [2.75, 3.05) is 19.8 Å². The molecule has 0 spiro atoms. The van der Waals surface area contributed by atoms with E-state index >= 15 is 0 Å². The van der Waals surface area contributed by atoms with Gasteiger partial charge in [-0.25, -0.2) is 0 Å². The molecule has 11 heavy (non-hydrogen) atoms. The normalized spacial score (nSPS) is 16.4. The van der Waals surface area contributed by atoms with E-state index in [2.05, 4.69) is 13.8 Å². The summed E-state index contributed by atoms with van der Waals surface area (Å²) in [7, 11) is 0. The molecule has 0 aromatic heterocycles. The number of hydrogen-bond acceptors (Lipinski definition) is 2. The number of rotatable bonds is 6. The van der Waals surface area contributed by atoms with Crippen molar-refractivity contribution in [3.05, 3.63) is 0 Å². The molecule has 0 rings (SSSR count). The van der Waals surface area contributed by atoms with E-state index in [0.29, 0.717) is 0 Å². The summed E-state index contributed by atoms with van der Waals surface area (Å²) in [5.74, 6) is 0. The summed E-state index contributed by atoms with van der Waals surface area (Å²) in [5, 5.41) is 0. The Balaban J connectivity index is 3.68. The van der Waals surface area contributed by atoms with Crippen molar-refractivity contribution in [1.82, 2.24) is 0 Å². The third-order valence-electron chi connectivity index (χ3n) is 2.00. The van der Waals surface area contributed by atoms with Crippen LogP contribution in [0, 0.1) is 5.41 Å². The van der Waals surface area contributed by atoms with Crippen molar-refractivity contribution in [2.45, 2.75) is 33.6 Å². The van der Waals surface area contributed by atoms with Crippen molar-refractivity contribution in [3.8, 4) is 0 Å². The molecule has 0 aromatic rings. The van der Waals surface area contributed by atoms with Gasteiger partial charge in [-0.05, 0) is 19.9 Å². The minimum absolute atomic E-state index is 0.199. The maximum atomic E-state index is 5.65. The van der Waals surface area contributed by atoms with Gasteiger partial charge in [-0.1, -0.05) is 20.3 Å². The Hall–Kier alpha value is -0.0800. The van der Waals surface area contributed by atoms with E-state index in [9.17, 15) is 0 Å². The minimum atomic E-state index is 0.199. The predicted molar refractivity (Wildman–Crippen MR) is 48.6 cm³/mol. The zero-order valence-electron chi connectivity index (χ0n) is 8.02. The lowest BCUT2D eigenvalue weighted by atomic mass is 9.87. The van der Waals surface area contributed by atoms with Crippen LogP contribution in [0.1, 0.15) is 33.6 Å². The summed E-state index contributed by atoms with van der Waals surface area (Å²) in [6, 6.07) is 0. The number of ether oxygens (including phenoxy) is 1. The van der Waals surface area contributed by atoms with Crippen LogP contribution in [-0.4, -0.2) is 19.8 Å². The fourth-order valence-electron chi connectivity index (χ4n) is 1.19. The first-order valence-electron chi connectivity index (χ1n) is 4.46. The fraction of sp³-hybridized carbons (Fsp3) is 1.00. The van der Waals surface area contributed by atoms with Crippen LogP contribution in [0.3, 0.4) is 0 Å². The highest BCUT2D eigenvalue weighted by molar-refractivity contribution is 4.73. The molecule has 2 N–H and O–H groups in total. The van der Waals surface area contributed by atoms with Crippen molar-refractivity contribution in [3.63, 3.8) is 0 Å². The highest BCUT2D eigenvalue weighted by atomic mass is 16.5. The Morgan fingerprint density at radius 2 is 2.00 bits per heavy atom. The van der Waals surface area contributed by atoms with Crippen LogP contribution in [0.5, 0.6) is 0 Å². The van der Waals surface area contributed by atoms with Crippen LogP contribution < -0.4 is 5.73 Å². The summed E-state index contributed by atoms with van der Waals surface area (Å²) >= 11 is 0. The van der Waals surface area contributed by atoms with Crippen molar-refractivity contribution >= 4 is 0 Å². The van der Waals surface area contributed by atoms with E-state index in [0.717, 1.165) is 26.2 Å². The van der Waals surface area contributed by atoms with E-state index in [4.69, 9.17) is 10.5 Å². The first-order valence-corrected chi connectivity index (χ1v) is 4.46. The molecule has 0 saturated carbocycles. The summed E-state index contributed by atoms with van der Waals surface area (Å²) < 4.78 is 5.36. The molecule has 0 bridgehead atoms. The second kappa shape index (κ2) is 5.56. The Labute approximate surface area is 70.1 Å². The molecule has 68 valence electrons. The fourth-order valence-corrected chi connectivity index (χ4v) is 1.19. The quantitative estimate of drug-likeness (QED) is 0.641. The van der Waals surface area contributed by atoms with Gasteiger partial charge in [-0.15, -0.1) is 0 Å². The first-order chi connectivity index (χ1) is 5.18. The van der Waals surface area contributed by atoms with Gasteiger partial charge >= 0.3 is 0 Å². The van der Waals surface area contributed by atoms with Gasteiger partial charge in [0, 0.05) is 12.0 Å². The molecule has 0 radical (unpaired) electrons. The van der Waals surface area contributed by atoms with Gasteiger partial charge < -0.3 is 10.5 Å². The second-order valence-electron chi connectivity index (χ2n) is 3.40. The van der Waals surface area contributed by atoms with Crippen molar-refractivity contribution < 1.29 is 4.74 Å². The monoisotopic (exact) mass is 159 g/mol. The van der Waals surface area contributed by atoms with Gasteiger partial charge in [0.1, 0.15) is 0 Å². The molecule has 1 unspecified atom stereocenters. The van der Waals surface area contributed by atoms with E-state index in [1.54, 1.807) is 0 Å². The molecule has 0 aliphatic carbocycles. The number of nitrogens with two attached hydrogens (primary N) is 1. The minimum Gasteiger partial charge on any atom is -0.381 e. The van der Waals surface area contributed by atoms with Crippen LogP contribution in [0.2, 0.25) is 0 Å². The van der Waals surface area contributed by atoms with Crippen LogP contribution in [0.4, 0.5) is 0 Å². The van der Waals surface area contributed by atoms with Crippen LogP contribution in [0.25, 0.3) is 0 Å². The molecule has 0 aliphatic rings. The topological polar surface area (TPSA) is 35.2 Å². The van der Waals surface area contributed by atoms with E-state index < -0.39 is 0 Å². The highest BCUT2D eigenvalue weighted by Crippen LogP contribution is 2.21. The molecule has 0 aliphatic heterocycles. The smallest absolute Gasteiger partial charge is 0.0531 e. The van der Waals surface area contributed by atoms with Gasteiger partial charge in [0.05, 0.1) is 6.61 Å². The van der Waals surface area contributed by atoms with Gasteiger partial charge in [0.25, 0.3) is 0 Å². The zero-order valence-corrected chi connectivity index (χ0v) is 8.02. The van der Waals surface area contributed by atoms with Gasteiger partial charge in [-0.2, -0.15) is 0 Å². The van der Waals surface area contributed by atoms with Gasteiger partial charge in [0.2, 0.25) is 0 Å². The summed E-state index contributed by atoms with van der Waals surface area (Å²) in [6.07, 6.45) is 2.34. The molecule has 0 aromatic carbocycles. The van der Waals surface area contributed by atoms with E-state index in [1.807, 2.05) is 6.92 Å². The Bertz CT molecular complexity index is 95.6. The third kappa shape index (κ3) is 4.38. The van der Waals surface area contributed by atoms with E-state index in [1.165, 1.54) is 6.42 Å². The summed E-state index contributed by atoms with van der Waals surface area (Å²) in [4.78, 5) is 0. The highest BCUT2D eigenvalue weighted by Gasteiger charge is 2.20. The molecule has 2 nitrogen and oxygen atoms in total. The second-order valence-corrected chi connectivity index (χ2v) is 3.40. The van der Waals surface area contributed by atoms with Gasteiger partial charge in [0.15, 0.2) is 0 Å². The summed E-state index contributed by atoms with van der Waals surface area (Å²) in [6.45, 7) is 8.70. The Kier molecular flexibility index (Phi) is 5.51. The van der Waals surface area contributed by atoms with Crippen LogP contribution in [-0.2, 0) is 4.74 Å². The van der Waals surface area contributed by atoms with Gasteiger partial charge in [-0.3, -0.25) is 0 Å². The van der Waals surface area contributed by atoms with Crippen molar-refractivity contribution in [1.29, 1.82) is 0 Å². The maximum absolute atomic E-state index is 5.65.